The highest BCUT2D eigenvalue weighted by Crippen LogP contribution is 2.42. The third kappa shape index (κ3) is 3.03. The first-order valence-electron chi connectivity index (χ1n) is 6.46. The molecule has 1 fully saturated rings. The standard InChI is InChI=1S/C12H27B2N/c1-6-10-8-12(13,14)7-9(2)15(10)11(3,4)5/h9-10H,6-8,13-14H2,1-5H3. The second-order valence-electron chi connectivity index (χ2n) is 7.06. The smallest absolute Gasteiger partial charge is 0.0993 e. The number of hydrogen-bond acceptors (Lipinski definition) is 1. The zero-order valence-corrected chi connectivity index (χ0v) is 11.7. The molecule has 1 heterocycles. The lowest BCUT2D eigenvalue weighted by molar-refractivity contribution is 0.00191. The van der Waals surface area contributed by atoms with Gasteiger partial charge in [0.15, 0.2) is 0 Å². The van der Waals surface area contributed by atoms with Crippen LogP contribution in [0.1, 0.15) is 53.9 Å². The van der Waals surface area contributed by atoms with E-state index in [9.17, 15) is 0 Å². The van der Waals surface area contributed by atoms with Gasteiger partial charge in [-0.2, -0.15) is 0 Å². The molecule has 15 heavy (non-hydrogen) atoms. The lowest BCUT2D eigenvalue weighted by Gasteiger charge is -2.53. The molecule has 3 heteroatoms. The molecule has 0 aromatic rings. The Bertz CT molecular complexity index is 220. The number of likely N-dealkylation sites (tertiary alicyclic amines) is 1. The fraction of sp³-hybridized carbons (Fsp3) is 1.00. The summed E-state index contributed by atoms with van der Waals surface area (Å²) >= 11 is 0. The molecule has 86 valence electrons. The molecule has 0 amide bonds. The van der Waals surface area contributed by atoms with Gasteiger partial charge in [-0.1, -0.05) is 12.1 Å². The van der Waals surface area contributed by atoms with Crippen LogP contribution in [0.25, 0.3) is 0 Å². The van der Waals surface area contributed by atoms with Crippen LogP contribution in [-0.4, -0.2) is 38.2 Å². The van der Waals surface area contributed by atoms with Crippen LogP contribution in [0, 0.1) is 0 Å². The largest absolute Gasteiger partial charge is 0.293 e. The molecular weight excluding hydrogens is 180 g/mol. The second kappa shape index (κ2) is 4.16. The zero-order valence-electron chi connectivity index (χ0n) is 11.7. The number of hydrogen-bond donors (Lipinski definition) is 0. The summed E-state index contributed by atoms with van der Waals surface area (Å²) in [4.78, 5) is 2.73. The Morgan fingerprint density at radius 3 is 2.20 bits per heavy atom. The van der Waals surface area contributed by atoms with Crippen LogP contribution in [0.15, 0.2) is 0 Å². The minimum absolute atomic E-state index is 0.316. The van der Waals surface area contributed by atoms with E-state index in [0.29, 0.717) is 10.8 Å². The normalized spacial score (nSPS) is 32.9. The van der Waals surface area contributed by atoms with Crippen molar-refractivity contribution < 1.29 is 0 Å². The molecule has 0 aliphatic carbocycles. The predicted molar refractivity (Wildman–Crippen MR) is 74.1 cm³/mol. The van der Waals surface area contributed by atoms with Crippen LogP contribution in [0.3, 0.4) is 0 Å². The van der Waals surface area contributed by atoms with Crippen LogP contribution >= 0.6 is 0 Å². The second-order valence-corrected chi connectivity index (χ2v) is 7.06. The van der Waals surface area contributed by atoms with E-state index in [-0.39, 0.29) is 0 Å². The van der Waals surface area contributed by atoms with E-state index in [0.717, 1.165) is 12.1 Å². The molecule has 0 saturated carbocycles. The highest BCUT2D eigenvalue weighted by molar-refractivity contribution is 6.39. The van der Waals surface area contributed by atoms with Gasteiger partial charge in [0.05, 0.1) is 15.7 Å². The van der Waals surface area contributed by atoms with Crippen LogP contribution in [-0.2, 0) is 0 Å². The molecule has 1 nitrogen and oxygen atoms in total. The lowest BCUT2D eigenvalue weighted by atomic mass is 9.47. The summed E-state index contributed by atoms with van der Waals surface area (Å²) in [5, 5.41) is 0.530. The minimum atomic E-state index is 0.316. The molecule has 2 atom stereocenters. The molecule has 2 unspecified atom stereocenters. The first-order valence-corrected chi connectivity index (χ1v) is 6.46. The third-order valence-corrected chi connectivity index (χ3v) is 3.75. The summed E-state index contributed by atoms with van der Waals surface area (Å²) < 4.78 is 0. The average molecular weight is 207 g/mol. The fourth-order valence-corrected chi connectivity index (χ4v) is 3.63. The van der Waals surface area contributed by atoms with E-state index < -0.39 is 0 Å². The molecule has 0 N–H and O–H groups in total. The summed E-state index contributed by atoms with van der Waals surface area (Å²) in [6.45, 7) is 11.8. The van der Waals surface area contributed by atoms with Crippen LogP contribution in [0.5, 0.6) is 0 Å². The van der Waals surface area contributed by atoms with Gasteiger partial charge >= 0.3 is 0 Å². The van der Waals surface area contributed by atoms with E-state index in [1.807, 2.05) is 0 Å². The van der Waals surface area contributed by atoms with E-state index in [1.165, 1.54) is 19.3 Å². The molecule has 1 rings (SSSR count). The van der Waals surface area contributed by atoms with E-state index in [4.69, 9.17) is 0 Å². The Morgan fingerprint density at radius 1 is 1.27 bits per heavy atom. The minimum Gasteiger partial charge on any atom is -0.293 e. The number of piperidine rings is 1. The maximum absolute atomic E-state index is 2.73. The molecule has 0 aromatic heterocycles. The average Bonchev–Trinajstić information content (AvgIpc) is 1.97. The van der Waals surface area contributed by atoms with Gasteiger partial charge in [-0.15, -0.1) is 0 Å². The van der Waals surface area contributed by atoms with Gasteiger partial charge in [-0.05, 0) is 47.0 Å². The Balaban J connectivity index is 2.88. The molecular formula is C12H27B2N. The van der Waals surface area contributed by atoms with Gasteiger partial charge in [0.2, 0.25) is 0 Å². The van der Waals surface area contributed by atoms with Crippen molar-refractivity contribution >= 4 is 15.7 Å². The zero-order chi connectivity index (χ0) is 11.9. The van der Waals surface area contributed by atoms with E-state index in [1.54, 1.807) is 0 Å². The van der Waals surface area contributed by atoms with Crippen molar-refractivity contribution in [3.8, 4) is 0 Å². The molecule has 0 spiro atoms. The van der Waals surface area contributed by atoms with Crippen LogP contribution < -0.4 is 0 Å². The van der Waals surface area contributed by atoms with E-state index >= 15 is 0 Å². The number of rotatable bonds is 1. The first-order chi connectivity index (χ1) is 6.67. The first kappa shape index (κ1) is 13.2. The monoisotopic (exact) mass is 207 g/mol. The maximum atomic E-state index is 2.73. The SMILES string of the molecule is BC1(B)CC(C)N(C(C)(C)C)C(CC)C1. The van der Waals surface area contributed by atoms with Gasteiger partial charge < -0.3 is 0 Å². The highest BCUT2D eigenvalue weighted by Gasteiger charge is 2.40. The van der Waals surface area contributed by atoms with Crippen LogP contribution in [0.2, 0.25) is 5.21 Å². The predicted octanol–water partition coefficient (Wildman–Crippen LogP) is 1.43. The van der Waals surface area contributed by atoms with Crippen molar-refractivity contribution in [2.75, 3.05) is 0 Å². The van der Waals surface area contributed by atoms with Gasteiger partial charge in [0.25, 0.3) is 0 Å². The summed E-state index contributed by atoms with van der Waals surface area (Å²) in [7, 11) is 4.85. The highest BCUT2D eigenvalue weighted by atomic mass is 15.2. The van der Waals surface area contributed by atoms with Crippen molar-refractivity contribution in [2.24, 2.45) is 0 Å². The summed E-state index contributed by atoms with van der Waals surface area (Å²) in [6.07, 6.45) is 3.97. The molecule has 0 aromatic carbocycles. The molecule has 1 aliphatic heterocycles. The quantitative estimate of drug-likeness (QED) is 0.588. The molecule has 1 saturated heterocycles. The van der Waals surface area contributed by atoms with Gasteiger partial charge in [0, 0.05) is 17.6 Å². The third-order valence-electron chi connectivity index (χ3n) is 3.75. The summed E-state index contributed by atoms with van der Waals surface area (Å²) in [5.41, 5.74) is 0.316. The number of nitrogens with zero attached hydrogens (tertiary/aromatic N) is 1. The van der Waals surface area contributed by atoms with Gasteiger partial charge in [0.1, 0.15) is 0 Å². The van der Waals surface area contributed by atoms with Crippen molar-refractivity contribution in [3.05, 3.63) is 0 Å². The van der Waals surface area contributed by atoms with Crippen molar-refractivity contribution in [2.45, 2.75) is 76.7 Å². The Morgan fingerprint density at radius 2 is 1.80 bits per heavy atom. The van der Waals surface area contributed by atoms with Crippen LogP contribution in [0.4, 0.5) is 0 Å². The topological polar surface area (TPSA) is 3.24 Å². The van der Waals surface area contributed by atoms with Crippen molar-refractivity contribution in [1.82, 2.24) is 4.90 Å². The summed E-state index contributed by atoms with van der Waals surface area (Å²) in [6, 6.07) is 1.49. The van der Waals surface area contributed by atoms with Crippen molar-refractivity contribution in [1.29, 1.82) is 0 Å². The van der Waals surface area contributed by atoms with Gasteiger partial charge in [-0.3, -0.25) is 4.90 Å². The lowest BCUT2D eigenvalue weighted by Crippen LogP contribution is -2.57. The maximum Gasteiger partial charge on any atom is 0.0993 e. The fourth-order valence-electron chi connectivity index (χ4n) is 3.63. The van der Waals surface area contributed by atoms with E-state index in [2.05, 4.69) is 55.2 Å². The Kier molecular flexibility index (Phi) is 3.65. The molecule has 1 aliphatic rings. The Labute approximate surface area is 97.8 Å². The molecule has 0 bridgehead atoms. The van der Waals surface area contributed by atoms with Crippen molar-refractivity contribution in [3.63, 3.8) is 0 Å². The Hall–Kier alpha value is 0.0899. The molecule has 0 radical (unpaired) electrons. The van der Waals surface area contributed by atoms with Gasteiger partial charge in [-0.25, -0.2) is 0 Å². The summed E-state index contributed by atoms with van der Waals surface area (Å²) in [5.74, 6) is 0.